The number of aliphatic hydroxyl groups excluding tert-OH is 1. The van der Waals surface area contributed by atoms with Crippen molar-refractivity contribution in [2.75, 3.05) is 0 Å². The molecule has 0 aliphatic rings. The summed E-state index contributed by atoms with van der Waals surface area (Å²) in [6, 6.07) is 16.6. The molecule has 0 saturated carbocycles. The molecule has 3 aromatic rings. The van der Waals surface area contributed by atoms with Gasteiger partial charge in [0.1, 0.15) is 5.82 Å². The number of aryl methyl sites for hydroxylation is 1. The molecule has 0 radical (unpaired) electrons. The van der Waals surface area contributed by atoms with Gasteiger partial charge in [0.25, 0.3) is 5.91 Å². The lowest BCUT2D eigenvalue weighted by molar-refractivity contribution is -0.129. The van der Waals surface area contributed by atoms with E-state index in [2.05, 4.69) is 10.3 Å². The number of fused-ring (bicyclic) bond motifs is 1. The van der Waals surface area contributed by atoms with Gasteiger partial charge in [-0.2, -0.15) is 0 Å². The van der Waals surface area contributed by atoms with Gasteiger partial charge in [-0.1, -0.05) is 42.5 Å². The highest BCUT2D eigenvalue weighted by atomic mass is 16.3. The van der Waals surface area contributed by atoms with Crippen molar-refractivity contribution in [1.29, 1.82) is 0 Å². The van der Waals surface area contributed by atoms with E-state index in [0.717, 1.165) is 16.9 Å². The topological polar surface area (TPSA) is 67.2 Å². The summed E-state index contributed by atoms with van der Waals surface area (Å²) in [6.45, 7) is 0.272. The van der Waals surface area contributed by atoms with Gasteiger partial charge in [-0.3, -0.25) is 4.79 Å². The van der Waals surface area contributed by atoms with Gasteiger partial charge < -0.3 is 15.0 Å². The van der Waals surface area contributed by atoms with Crippen LogP contribution in [0.5, 0.6) is 0 Å². The van der Waals surface area contributed by atoms with Crippen LogP contribution < -0.4 is 5.32 Å². The summed E-state index contributed by atoms with van der Waals surface area (Å²) in [7, 11) is 1.91. The molecule has 1 heterocycles. The van der Waals surface area contributed by atoms with Gasteiger partial charge in [-0.05, 0) is 17.7 Å². The molecule has 0 spiro atoms. The van der Waals surface area contributed by atoms with E-state index in [1.165, 1.54) is 0 Å². The Morgan fingerprint density at radius 3 is 2.59 bits per heavy atom. The Hall–Kier alpha value is -2.66. The SMILES string of the molecule is Cn1c(CNC(=O)[C@H](O)c2ccccc2)nc2ccccc21. The molecular weight excluding hydrogens is 278 g/mol. The molecule has 0 aliphatic carbocycles. The van der Waals surface area contributed by atoms with Gasteiger partial charge >= 0.3 is 0 Å². The van der Waals surface area contributed by atoms with E-state index < -0.39 is 12.0 Å². The summed E-state index contributed by atoms with van der Waals surface area (Å²) in [4.78, 5) is 16.5. The normalized spacial score (nSPS) is 12.3. The number of hydrogen-bond donors (Lipinski definition) is 2. The quantitative estimate of drug-likeness (QED) is 0.773. The molecule has 112 valence electrons. The molecule has 5 heteroatoms. The third kappa shape index (κ3) is 2.71. The van der Waals surface area contributed by atoms with Crippen molar-refractivity contribution in [2.45, 2.75) is 12.6 Å². The second-order valence-electron chi connectivity index (χ2n) is 5.11. The summed E-state index contributed by atoms with van der Waals surface area (Å²) in [5, 5.41) is 12.8. The van der Waals surface area contributed by atoms with E-state index in [-0.39, 0.29) is 6.54 Å². The van der Waals surface area contributed by atoms with Crippen LogP contribution in [0.25, 0.3) is 11.0 Å². The fourth-order valence-electron chi connectivity index (χ4n) is 2.40. The molecule has 2 aromatic carbocycles. The maximum Gasteiger partial charge on any atom is 0.253 e. The molecular formula is C17H17N3O2. The molecule has 1 atom stereocenters. The Balaban J connectivity index is 1.71. The Labute approximate surface area is 128 Å². The summed E-state index contributed by atoms with van der Waals surface area (Å²) in [5.74, 6) is 0.313. The third-order valence-corrected chi connectivity index (χ3v) is 3.66. The Morgan fingerprint density at radius 2 is 1.86 bits per heavy atom. The fraction of sp³-hybridized carbons (Fsp3) is 0.176. The van der Waals surface area contributed by atoms with Crippen molar-refractivity contribution in [3.8, 4) is 0 Å². The standard InChI is InChI=1S/C17H17N3O2/c1-20-14-10-6-5-9-13(14)19-15(20)11-18-17(22)16(21)12-7-3-2-4-8-12/h2-10,16,21H,11H2,1H3,(H,18,22)/t16-/m1/s1. The molecule has 0 saturated heterocycles. The van der Waals surface area contributed by atoms with E-state index in [0.29, 0.717) is 5.56 Å². The summed E-state index contributed by atoms with van der Waals surface area (Å²) in [5.41, 5.74) is 2.47. The van der Waals surface area contributed by atoms with E-state index in [1.54, 1.807) is 24.3 Å². The average Bonchev–Trinajstić information content (AvgIpc) is 2.89. The largest absolute Gasteiger partial charge is 0.378 e. The first-order valence-corrected chi connectivity index (χ1v) is 7.08. The molecule has 2 N–H and O–H groups in total. The molecule has 0 fully saturated rings. The smallest absolute Gasteiger partial charge is 0.253 e. The molecule has 1 amide bonds. The number of amides is 1. The van der Waals surface area contributed by atoms with Crippen LogP contribution in [-0.2, 0) is 18.4 Å². The molecule has 5 nitrogen and oxygen atoms in total. The van der Waals surface area contributed by atoms with Crippen molar-refractivity contribution in [3.63, 3.8) is 0 Å². The predicted octanol–water partition coefficient (Wildman–Crippen LogP) is 1.92. The number of carbonyl (C=O) groups excluding carboxylic acids is 1. The van der Waals surface area contributed by atoms with E-state index >= 15 is 0 Å². The van der Waals surface area contributed by atoms with Gasteiger partial charge in [0.15, 0.2) is 6.10 Å². The Kier molecular flexibility index (Phi) is 3.89. The Morgan fingerprint density at radius 1 is 1.18 bits per heavy atom. The van der Waals surface area contributed by atoms with Crippen LogP contribution in [0.15, 0.2) is 54.6 Å². The minimum absolute atomic E-state index is 0.272. The van der Waals surface area contributed by atoms with Crippen LogP contribution in [-0.4, -0.2) is 20.6 Å². The monoisotopic (exact) mass is 295 g/mol. The predicted molar refractivity (Wildman–Crippen MR) is 84.0 cm³/mol. The highest BCUT2D eigenvalue weighted by molar-refractivity contribution is 5.82. The third-order valence-electron chi connectivity index (χ3n) is 3.66. The number of aliphatic hydroxyl groups is 1. The summed E-state index contributed by atoms with van der Waals surface area (Å²) >= 11 is 0. The maximum atomic E-state index is 12.0. The number of benzene rings is 2. The molecule has 0 bridgehead atoms. The molecule has 0 unspecified atom stereocenters. The minimum atomic E-state index is -1.17. The summed E-state index contributed by atoms with van der Waals surface area (Å²) < 4.78 is 1.94. The van der Waals surface area contributed by atoms with Crippen molar-refractivity contribution in [3.05, 3.63) is 66.0 Å². The van der Waals surface area contributed by atoms with Crippen LogP contribution in [0.4, 0.5) is 0 Å². The van der Waals surface area contributed by atoms with Crippen LogP contribution in [0.1, 0.15) is 17.5 Å². The number of imidazole rings is 1. The minimum Gasteiger partial charge on any atom is -0.378 e. The van der Waals surface area contributed by atoms with Crippen molar-refractivity contribution in [2.24, 2.45) is 7.05 Å². The zero-order chi connectivity index (χ0) is 15.5. The summed E-state index contributed by atoms with van der Waals surface area (Å²) in [6.07, 6.45) is -1.17. The molecule has 0 aliphatic heterocycles. The lowest BCUT2D eigenvalue weighted by atomic mass is 10.1. The lowest BCUT2D eigenvalue weighted by Crippen LogP contribution is -2.29. The highest BCUT2D eigenvalue weighted by Crippen LogP contribution is 2.15. The number of hydrogen-bond acceptors (Lipinski definition) is 3. The zero-order valence-corrected chi connectivity index (χ0v) is 12.2. The zero-order valence-electron chi connectivity index (χ0n) is 12.2. The number of rotatable bonds is 4. The lowest BCUT2D eigenvalue weighted by Gasteiger charge is -2.11. The number of para-hydroxylation sites is 2. The van der Waals surface area contributed by atoms with Gasteiger partial charge in [0, 0.05) is 7.05 Å². The van der Waals surface area contributed by atoms with Crippen LogP contribution in [0.3, 0.4) is 0 Å². The second-order valence-corrected chi connectivity index (χ2v) is 5.11. The number of nitrogens with one attached hydrogen (secondary N) is 1. The van der Waals surface area contributed by atoms with Crippen molar-refractivity contribution >= 4 is 16.9 Å². The maximum absolute atomic E-state index is 12.0. The van der Waals surface area contributed by atoms with Crippen LogP contribution >= 0.6 is 0 Å². The van der Waals surface area contributed by atoms with Gasteiger partial charge in [-0.25, -0.2) is 4.98 Å². The van der Waals surface area contributed by atoms with Gasteiger partial charge in [0.2, 0.25) is 0 Å². The van der Waals surface area contributed by atoms with E-state index in [4.69, 9.17) is 0 Å². The molecule has 1 aromatic heterocycles. The molecule has 22 heavy (non-hydrogen) atoms. The highest BCUT2D eigenvalue weighted by Gasteiger charge is 2.17. The number of carbonyl (C=O) groups is 1. The number of aromatic nitrogens is 2. The Bertz CT molecular complexity index is 796. The van der Waals surface area contributed by atoms with Crippen LogP contribution in [0.2, 0.25) is 0 Å². The fourth-order valence-corrected chi connectivity index (χ4v) is 2.40. The van der Waals surface area contributed by atoms with Gasteiger partial charge in [-0.15, -0.1) is 0 Å². The number of nitrogens with zero attached hydrogens (tertiary/aromatic N) is 2. The van der Waals surface area contributed by atoms with Crippen molar-refractivity contribution in [1.82, 2.24) is 14.9 Å². The van der Waals surface area contributed by atoms with Gasteiger partial charge in [0.05, 0.1) is 17.6 Å². The first-order valence-electron chi connectivity index (χ1n) is 7.08. The van der Waals surface area contributed by atoms with E-state index in [9.17, 15) is 9.90 Å². The second kappa shape index (κ2) is 5.99. The van der Waals surface area contributed by atoms with E-state index in [1.807, 2.05) is 41.9 Å². The average molecular weight is 295 g/mol. The first-order chi connectivity index (χ1) is 10.7. The van der Waals surface area contributed by atoms with Crippen molar-refractivity contribution < 1.29 is 9.90 Å². The molecule has 3 rings (SSSR count). The van der Waals surface area contributed by atoms with Crippen LogP contribution in [0, 0.1) is 0 Å². The first kappa shape index (κ1) is 14.3.